The normalized spacial score (nSPS) is 12.3. The number of esters is 1. The number of hydrogen-bond acceptors (Lipinski definition) is 5. The molecule has 7 heteroatoms. The zero-order valence-electron chi connectivity index (χ0n) is 10.8. The largest absolute Gasteiger partial charge is 0.459 e. The van der Waals surface area contributed by atoms with Gasteiger partial charge >= 0.3 is 5.97 Å². The Labute approximate surface area is 117 Å². The first kappa shape index (κ1) is 15.9. The van der Waals surface area contributed by atoms with E-state index in [1.807, 2.05) is 0 Å². The van der Waals surface area contributed by atoms with Gasteiger partial charge in [-0.25, -0.2) is 13.2 Å². The molecule has 1 aromatic rings. The third-order valence-electron chi connectivity index (χ3n) is 2.14. The number of hydrogen-bond donors (Lipinski definition) is 1. The van der Waals surface area contributed by atoms with Gasteiger partial charge in [0.05, 0.1) is 21.1 Å². The van der Waals surface area contributed by atoms with Crippen molar-refractivity contribution in [3.63, 3.8) is 0 Å². The van der Waals surface area contributed by atoms with Crippen LogP contribution in [0.4, 0.5) is 0 Å². The molecular formula is C12H15ClO5S. The van der Waals surface area contributed by atoms with Gasteiger partial charge in [-0.05, 0) is 32.0 Å². The maximum absolute atomic E-state index is 11.8. The van der Waals surface area contributed by atoms with Crippen LogP contribution in [0, 0.1) is 0 Å². The second kappa shape index (κ2) is 5.48. The predicted octanol–water partition coefficient (Wildman–Crippen LogP) is 1.67. The second-order valence-electron chi connectivity index (χ2n) is 4.80. The Hall–Kier alpha value is -1.11. The van der Waals surface area contributed by atoms with Gasteiger partial charge in [0, 0.05) is 6.26 Å². The van der Waals surface area contributed by atoms with E-state index in [1.54, 1.807) is 0 Å². The maximum atomic E-state index is 11.8. The van der Waals surface area contributed by atoms with E-state index >= 15 is 0 Å². The van der Waals surface area contributed by atoms with Crippen molar-refractivity contribution in [3.05, 3.63) is 28.8 Å². The molecule has 0 unspecified atom stereocenters. The molecule has 106 valence electrons. The Morgan fingerprint density at radius 3 is 2.47 bits per heavy atom. The number of benzene rings is 1. The third kappa shape index (κ3) is 4.81. The molecule has 0 aromatic heterocycles. The van der Waals surface area contributed by atoms with Gasteiger partial charge in [0.1, 0.15) is 6.61 Å². The van der Waals surface area contributed by atoms with Crippen LogP contribution in [0.1, 0.15) is 24.2 Å². The van der Waals surface area contributed by atoms with Crippen molar-refractivity contribution >= 4 is 27.4 Å². The number of rotatable bonds is 4. The molecule has 19 heavy (non-hydrogen) atoms. The predicted molar refractivity (Wildman–Crippen MR) is 71.1 cm³/mol. The van der Waals surface area contributed by atoms with Gasteiger partial charge in [0.25, 0.3) is 0 Å². The van der Waals surface area contributed by atoms with E-state index in [-0.39, 0.29) is 22.1 Å². The number of ether oxygens (including phenoxy) is 1. The van der Waals surface area contributed by atoms with Crippen LogP contribution in [-0.4, -0.2) is 38.0 Å². The zero-order valence-corrected chi connectivity index (χ0v) is 12.4. The second-order valence-corrected chi connectivity index (χ2v) is 7.23. The summed E-state index contributed by atoms with van der Waals surface area (Å²) in [7, 11) is -3.43. The summed E-state index contributed by atoms with van der Waals surface area (Å²) in [6, 6.07) is 3.79. The molecule has 0 aliphatic heterocycles. The lowest BCUT2D eigenvalue weighted by atomic mass is 10.1. The fraction of sp³-hybridized carbons (Fsp3) is 0.417. The van der Waals surface area contributed by atoms with Crippen molar-refractivity contribution in [2.45, 2.75) is 24.3 Å². The van der Waals surface area contributed by atoms with Gasteiger partial charge in [-0.3, -0.25) is 0 Å². The highest BCUT2D eigenvalue weighted by molar-refractivity contribution is 7.90. The summed E-state index contributed by atoms with van der Waals surface area (Å²) < 4.78 is 27.7. The lowest BCUT2D eigenvalue weighted by Crippen LogP contribution is -2.28. The van der Waals surface area contributed by atoms with Crippen LogP contribution in [-0.2, 0) is 14.6 Å². The van der Waals surface area contributed by atoms with E-state index in [4.69, 9.17) is 16.3 Å². The minimum Gasteiger partial charge on any atom is -0.459 e. The third-order valence-corrected chi connectivity index (χ3v) is 3.58. The van der Waals surface area contributed by atoms with Crippen molar-refractivity contribution in [1.29, 1.82) is 0 Å². The molecule has 1 aromatic carbocycles. The number of carbonyl (C=O) groups is 1. The van der Waals surface area contributed by atoms with Gasteiger partial charge in [-0.2, -0.15) is 0 Å². The molecule has 0 amide bonds. The molecule has 0 aliphatic carbocycles. The van der Waals surface area contributed by atoms with Crippen molar-refractivity contribution in [1.82, 2.24) is 0 Å². The van der Waals surface area contributed by atoms with Crippen molar-refractivity contribution in [2.75, 3.05) is 12.9 Å². The summed E-state index contributed by atoms with van der Waals surface area (Å²) in [6.07, 6.45) is 1.03. The Morgan fingerprint density at radius 1 is 1.42 bits per heavy atom. The van der Waals surface area contributed by atoms with Gasteiger partial charge in [0.15, 0.2) is 9.84 Å². The van der Waals surface area contributed by atoms with E-state index in [9.17, 15) is 18.3 Å². The molecule has 0 fully saturated rings. The first-order valence-corrected chi connectivity index (χ1v) is 7.67. The van der Waals surface area contributed by atoms with Crippen molar-refractivity contribution in [2.24, 2.45) is 0 Å². The highest BCUT2D eigenvalue weighted by atomic mass is 35.5. The Kier molecular flexibility index (Phi) is 4.60. The Morgan fingerprint density at radius 2 is 2.00 bits per heavy atom. The average molecular weight is 307 g/mol. The van der Waals surface area contributed by atoms with E-state index < -0.39 is 21.4 Å². The molecule has 0 bridgehead atoms. The van der Waals surface area contributed by atoms with Crippen LogP contribution >= 0.6 is 11.6 Å². The lowest BCUT2D eigenvalue weighted by Gasteiger charge is -2.17. The van der Waals surface area contributed by atoms with E-state index in [2.05, 4.69) is 0 Å². The molecule has 0 saturated carbocycles. The maximum Gasteiger partial charge on any atom is 0.339 e. The van der Waals surface area contributed by atoms with Gasteiger partial charge < -0.3 is 9.84 Å². The minimum atomic E-state index is -3.43. The quantitative estimate of drug-likeness (QED) is 0.856. The molecule has 0 saturated heterocycles. The summed E-state index contributed by atoms with van der Waals surface area (Å²) in [6.45, 7) is 2.74. The van der Waals surface area contributed by atoms with Crippen LogP contribution in [0.25, 0.3) is 0 Å². The highest BCUT2D eigenvalue weighted by Gasteiger charge is 2.20. The van der Waals surface area contributed by atoms with Gasteiger partial charge in [-0.1, -0.05) is 11.6 Å². The number of sulfone groups is 1. The summed E-state index contributed by atoms with van der Waals surface area (Å²) in [5, 5.41) is 9.55. The highest BCUT2D eigenvalue weighted by Crippen LogP contribution is 2.21. The molecule has 1 N–H and O–H groups in total. The first-order valence-electron chi connectivity index (χ1n) is 5.40. The first-order chi connectivity index (χ1) is 8.50. The van der Waals surface area contributed by atoms with Crippen molar-refractivity contribution in [3.8, 4) is 0 Å². The Balaban J connectivity index is 3.03. The number of halogens is 1. The van der Waals surface area contributed by atoms with Crippen LogP contribution in [0.3, 0.4) is 0 Å². The van der Waals surface area contributed by atoms with Gasteiger partial charge in [0.2, 0.25) is 0 Å². The summed E-state index contributed by atoms with van der Waals surface area (Å²) in [5.41, 5.74) is -1.22. The molecule has 0 atom stereocenters. The smallest absolute Gasteiger partial charge is 0.339 e. The Bertz CT molecular complexity index is 587. The molecule has 0 radical (unpaired) electrons. The SMILES string of the molecule is CC(C)(O)COC(=O)c1cc(S(C)(=O)=O)ccc1Cl. The van der Waals surface area contributed by atoms with Crippen molar-refractivity contribution < 1.29 is 23.1 Å². The van der Waals surface area contributed by atoms with Crippen LogP contribution in [0.15, 0.2) is 23.1 Å². The molecular weight excluding hydrogens is 292 g/mol. The van der Waals surface area contributed by atoms with Gasteiger partial charge in [-0.15, -0.1) is 0 Å². The zero-order chi connectivity index (χ0) is 14.8. The number of carbonyl (C=O) groups excluding carboxylic acids is 1. The standard InChI is InChI=1S/C12H15ClO5S/c1-12(2,15)7-18-11(14)9-6-8(19(3,16)17)4-5-10(9)13/h4-6,15H,7H2,1-3H3. The molecule has 0 heterocycles. The van der Waals surface area contributed by atoms with Crippen LogP contribution < -0.4 is 0 Å². The van der Waals surface area contributed by atoms with E-state index in [0.29, 0.717) is 0 Å². The summed E-state index contributed by atoms with van der Waals surface area (Å²) >= 11 is 5.83. The molecule has 0 aliphatic rings. The molecule has 1 rings (SSSR count). The average Bonchev–Trinajstić information content (AvgIpc) is 2.24. The van der Waals surface area contributed by atoms with E-state index in [0.717, 1.165) is 12.3 Å². The van der Waals surface area contributed by atoms with E-state index in [1.165, 1.54) is 26.0 Å². The lowest BCUT2D eigenvalue weighted by molar-refractivity contribution is -0.0100. The molecule has 5 nitrogen and oxygen atoms in total. The number of aliphatic hydroxyl groups is 1. The summed E-state index contributed by atoms with van der Waals surface area (Å²) in [5.74, 6) is -0.780. The summed E-state index contributed by atoms with van der Waals surface area (Å²) in [4.78, 5) is 11.8. The fourth-order valence-electron chi connectivity index (χ4n) is 1.21. The fourth-order valence-corrected chi connectivity index (χ4v) is 2.05. The van der Waals surface area contributed by atoms with Crippen LogP contribution in [0.5, 0.6) is 0 Å². The van der Waals surface area contributed by atoms with Crippen LogP contribution in [0.2, 0.25) is 5.02 Å². The minimum absolute atomic E-state index is 0.0212. The topological polar surface area (TPSA) is 80.7 Å². The monoisotopic (exact) mass is 306 g/mol. The molecule has 0 spiro atoms.